The highest BCUT2D eigenvalue weighted by Crippen LogP contribution is 2.29. The summed E-state index contributed by atoms with van der Waals surface area (Å²) >= 11 is 0. The molecule has 2 aromatic heterocycles. The SMILES string of the molecule is C[C@@H](CCOC(=O)c1cc2ccc(CN)nc2n1Cc1cc(NS(=O)(=O)Cc2ccccc2)cc2ccccc12)N1CCOCC1. The Balaban J connectivity index is 1.30. The Morgan fingerprint density at radius 2 is 1.76 bits per heavy atom. The van der Waals surface area contributed by atoms with Crippen molar-refractivity contribution in [3.05, 3.63) is 107 Å². The number of benzene rings is 3. The minimum Gasteiger partial charge on any atom is -0.461 e. The van der Waals surface area contributed by atoms with E-state index in [9.17, 15) is 13.2 Å². The summed E-state index contributed by atoms with van der Waals surface area (Å²) in [5.74, 6) is -0.588. The van der Waals surface area contributed by atoms with Crippen molar-refractivity contribution in [2.45, 2.75) is 38.2 Å². The van der Waals surface area contributed by atoms with Crippen molar-refractivity contribution in [1.29, 1.82) is 0 Å². The molecule has 0 saturated carbocycles. The number of nitrogens with zero attached hydrogens (tertiary/aromatic N) is 3. The Kier molecular flexibility index (Phi) is 9.64. The molecule has 6 rings (SSSR count). The van der Waals surface area contributed by atoms with Gasteiger partial charge in [-0.1, -0.05) is 54.6 Å². The van der Waals surface area contributed by atoms with E-state index in [1.54, 1.807) is 18.2 Å². The van der Waals surface area contributed by atoms with Crippen LogP contribution in [-0.4, -0.2) is 67.8 Å². The zero-order valence-corrected chi connectivity index (χ0v) is 26.7. The van der Waals surface area contributed by atoms with Crippen molar-refractivity contribution < 1.29 is 22.7 Å². The van der Waals surface area contributed by atoms with E-state index in [2.05, 4.69) is 16.5 Å². The standard InChI is InChI=1S/C35H39N5O5S/c1-25(39-14-17-44-18-15-39)13-16-45-35(41)33-21-28-11-12-30(22-36)37-34(28)40(33)23-29-20-31(19-27-9-5-6-10-32(27)29)38-46(42,43)24-26-7-3-2-4-8-26/h2-12,19-21,25,38H,13-18,22-24,36H2,1H3/t25-/m0/s1. The summed E-state index contributed by atoms with van der Waals surface area (Å²) in [5.41, 5.74) is 9.56. The quantitative estimate of drug-likeness (QED) is 0.184. The van der Waals surface area contributed by atoms with Gasteiger partial charge in [0.2, 0.25) is 10.0 Å². The number of carbonyl (C=O) groups is 1. The number of carbonyl (C=O) groups excluding carboxylic acids is 1. The second-order valence-electron chi connectivity index (χ2n) is 11.7. The van der Waals surface area contributed by atoms with Gasteiger partial charge in [-0.25, -0.2) is 18.2 Å². The van der Waals surface area contributed by atoms with Gasteiger partial charge in [0.1, 0.15) is 11.3 Å². The normalized spacial score (nSPS) is 14.8. The van der Waals surface area contributed by atoms with Crippen molar-refractivity contribution in [3.63, 3.8) is 0 Å². The van der Waals surface area contributed by atoms with E-state index in [1.165, 1.54) is 0 Å². The van der Waals surface area contributed by atoms with E-state index in [0.717, 1.165) is 34.8 Å². The summed E-state index contributed by atoms with van der Waals surface area (Å²) in [6.45, 7) is 6.10. The third-order valence-corrected chi connectivity index (χ3v) is 9.67. The number of aromatic nitrogens is 2. The van der Waals surface area contributed by atoms with E-state index in [0.29, 0.717) is 47.9 Å². The largest absolute Gasteiger partial charge is 0.461 e. The predicted molar refractivity (Wildman–Crippen MR) is 180 cm³/mol. The zero-order chi connectivity index (χ0) is 32.1. The van der Waals surface area contributed by atoms with Crippen molar-refractivity contribution in [1.82, 2.24) is 14.5 Å². The highest BCUT2D eigenvalue weighted by molar-refractivity contribution is 7.91. The van der Waals surface area contributed by atoms with Gasteiger partial charge in [-0.3, -0.25) is 9.62 Å². The Morgan fingerprint density at radius 1 is 1.00 bits per heavy atom. The van der Waals surface area contributed by atoms with Gasteiger partial charge < -0.3 is 19.8 Å². The molecule has 46 heavy (non-hydrogen) atoms. The first-order chi connectivity index (χ1) is 22.3. The molecule has 1 saturated heterocycles. The average Bonchev–Trinajstić information content (AvgIpc) is 3.42. The van der Waals surface area contributed by atoms with Gasteiger partial charge in [0, 0.05) is 36.7 Å². The Bertz CT molecular complexity index is 1940. The van der Waals surface area contributed by atoms with Gasteiger partial charge in [0.25, 0.3) is 0 Å². The molecule has 1 fully saturated rings. The van der Waals surface area contributed by atoms with Gasteiger partial charge in [0.15, 0.2) is 0 Å². The van der Waals surface area contributed by atoms with E-state index < -0.39 is 16.0 Å². The number of morpholine rings is 1. The fraction of sp³-hybridized carbons (Fsp3) is 0.314. The van der Waals surface area contributed by atoms with Gasteiger partial charge in [-0.2, -0.15) is 0 Å². The number of hydrogen-bond donors (Lipinski definition) is 2. The van der Waals surface area contributed by atoms with Crippen LogP contribution in [0.1, 0.15) is 40.7 Å². The molecule has 5 aromatic rings. The fourth-order valence-corrected chi connectivity index (χ4v) is 7.15. The number of fused-ring (bicyclic) bond motifs is 2. The summed E-state index contributed by atoms with van der Waals surface area (Å²) in [5, 5.41) is 2.59. The lowest BCUT2D eigenvalue weighted by atomic mass is 10.0. The maximum atomic E-state index is 13.6. The Labute approximate surface area is 269 Å². The lowest BCUT2D eigenvalue weighted by Gasteiger charge is -2.32. The van der Waals surface area contributed by atoms with Gasteiger partial charge in [-0.05, 0) is 65.6 Å². The fourth-order valence-electron chi connectivity index (χ4n) is 5.97. The number of nitrogens with two attached hydrogens (primary N) is 1. The van der Waals surface area contributed by atoms with Crippen LogP contribution < -0.4 is 10.5 Å². The number of anilines is 1. The molecule has 3 N–H and O–H groups in total. The van der Waals surface area contributed by atoms with Gasteiger partial charge >= 0.3 is 5.97 Å². The zero-order valence-electron chi connectivity index (χ0n) is 25.9. The molecule has 0 radical (unpaired) electrons. The van der Waals surface area contributed by atoms with Gasteiger partial charge in [0.05, 0.1) is 37.8 Å². The van der Waals surface area contributed by atoms with Crippen LogP contribution in [0.25, 0.3) is 21.8 Å². The number of hydrogen-bond acceptors (Lipinski definition) is 8. The van der Waals surface area contributed by atoms with Crippen LogP contribution >= 0.6 is 0 Å². The molecule has 240 valence electrons. The molecule has 3 aromatic carbocycles. The van der Waals surface area contributed by atoms with E-state index in [-0.39, 0.29) is 31.5 Å². The summed E-state index contributed by atoms with van der Waals surface area (Å²) < 4.78 is 42.2. The second kappa shape index (κ2) is 14.0. The topological polar surface area (TPSA) is 129 Å². The van der Waals surface area contributed by atoms with Crippen LogP contribution in [0.4, 0.5) is 5.69 Å². The molecular weight excluding hydrogens is 602 g/mol. The Hall–Kier alpha value is -4.29. The van der Waals surface area contributed by atoms with Crippen molar-refractivity contribution >= 4 is 43.5 Å². The molecule has 0 unspecified atom stereocenters. The molecule has 0 bridgehead atoms. The molecule has 3 heterocycles. The highest BCUT2D eigenvalue weighted by Gasteiger charge is 2.22. The number of nitrogens with one attached hydrogen (secondary N) is 1. The van der Waals surface area contributed by atoms with Crippen molar-refractivity contribution in [2.24, 2.45) is 5.73 Å². The van der Waals surface area contributed by atoms with Crippen LogP contribution in [0.5, 0.6) is 0 Å². The third-order valence-electron chi connectivity index (χ3n) is 8.41. The maximum absolute atomic E-state index is 13.6. The van der Waals surface area contributed by atoms with Crippen LogP contribution in [0.3, 0.4) is 0 Å². The molecule has 1 atom stereocenters. The molecule has 0 spiro atoms. The monoisotopic (exact) mass is 641 g/mol. The molecule has 0 aliphatic carbocycles. The van der Waals surface area contributed by atoms with E-state index in [1.807, 2.05) is 71.3 Å². The number of ether oxygens (including phenoxy) is 2. The smallest absolute Gasteiger partial charge is 0.355 e. The highest BCUT2D eigenvalue weighted by atomic mass is 32.2. The minimum absolute atomic E-state index is 0.149. The summed E-state index contributed by atoms with van der Waals surface area (Å²) in [6, 6.07) is 26.3. The molecule has 0 amide bonds. The van der Waals surface area contributed by atoms with Crippen LogP contribution in [-0.2, 0) is 38.3 Å². The predicted octanol–water partition coefficient (Wildman–Crippen LogP) is 4.91. The van der Waals surface area contributed by atoms with Crippen LogP contribution in [0, 0.1) is 0 Å². The molecule has 10 nitrogen and oxygen atoms in total. The maximum Gasteiger partial charge on any atom is 0.355 e. The summed E-state index contributed by atoms with van der Waals surface area (Å²) in [7, 11) is -3.69. The van der Waals surface area contributed by atoms with E-state index in [4.69, 9.17) is 20.2 Å². The van der Waals surface area contributed by atoms with Crippen molar-refractivity contribution in [2.75, 3.05) is 37.6 Å². The van der Waals surface area contributed by atoms with Gasteiger partial charge in [-0.15, -0.1) is 0 Å². The molecular formula is C35H39N5O5S. The number of rotatable bonds is 12. The Morgan fingerprint density at radius 3 is 2.54 bits per heavy atom. The van der Waals surface area contributed by atoms with E-state index >= 15 is 0 Å². The first-order valence-electron chi connectivity index (χ1n) is 15.5. The molecule has 1 aliphatic heterocycles. The lowest BCUT2D eigenvalue weighted by Crippen LogP contribution is -2.42. The lowest BCUT2D eigenvalue weighted by molar-refractivity contribution is 0.0112. The molecule has 1 aliphatic rings. The van der Waals surface area contributed by atoms with Crippen LogP contribution in [0.15, 0.2) is 84.9 Å². The number of pyridine rings is 1. The number of esters is 1. The number of sulfonamides is 1. The summed E-state index contributed by atoms with van der Waals surface area (Å²) in [6.07, 6.45) is 0.706. The van der Waals surface area contributed by atoms with Crippen molar-refractivity contribution in [3.8, 4) is 0 Å². The minimum atomic E-state index is -3.69. The second-order valence-corrected chi connectivity index (χ2v) is 13.4. The molecule has 11 heteroatoms. The average molecular weight is 642 g/mol. The third kappa shape index (κ3) is 7.39. The summed E-state index contributed by atoms with van der Waals surface area (Å²) in [4.78, 5) is 20.7. The van der Waals surface area contributed by atoms with Crippen LogP contribution in [0.2, 0.25) is 0 Å². The first kappa shape index (κ1) is 31.7. The first-order valence-corrected chi connectivity index (χ1v) is 17.2.